The molecule has 0 aromatic heterocycles. The molecular formula is C19H20O. The molecule has 3 unspecified atom stereocenters. The topological polar surface area (TPSA) is 17.1 Å². The molecule has 0 aliphatic heterocycles. The molecule has 3 rings (SSSR count). The molecule has 20 heavy (non-hydrogen) atoms. The summed E-state index contributed by atoms with van der Waals surface area (Å²) in [4.78, 5) is 12.7. The van der Waals surface area contributed by atoms with Gasteiger partial charge in [-0.25, -0.2) is 0 Å². The molecule has 0 N–H and O–H groups in total. The first-order valence-corrected chi connectivity index (χ1v) is 7.32. The van der Waals surface area contributed by atoms with Crippen molar-refractivity contribution in [3.8, 4) is 0 Å². The van der Waals surface area contributed by atoms with Gasteiger partial charge in [-0.3, -0.25) is 4.79 Å². The van der Waals surface area contributed by atoms with Crippen molar-refractivity contribution in [2.75, 3.05) is 0 Å². The van der Waals surface area contributed by atoms with Gasteiger partial charge in [0.05, 0.1) is 5.92 Å². The van der Waals surface area contributed by atoms with Crippen LogP contribution in [0.25, 0.3) is 0 Å². The highest BCUT2D eigenvalue weighted by atomic mass is 16.1. The summed E-state index contributed by atoms with van der Waals surface area (Å²) in [7, 11) is 0. The Balaban J connectivity index is 2.05. The zero-order chi connectivity index (χ0) is 14.2. The van der Waals surface area contributed by atoms with Crippen molar-refractivity contribution in [3.05, 3.63) is 71.8 Å². The number of carbonyl (C=O) groups is 1. The van der Waals surface area contributed by atoms with E-state index < -0.39 is 0 Å². The van der Waals surface area contributed by atoms with E-state index in [9.17, 15) is 4.79 Å². The van der Waals surface area contributed by atoms with E-state index in [0.29, 0.717) is 11.7 Å². The van der Waals surface area contributed by atoms with Crippen molar-refractivity contribution in [1.82, 2.24) is 0 Å². The van der Waals surface area contributed by atoms with E-state index in [-0.39, 0.29) is 11.3 Å². The minimum Gasteiger partial charge on any atom is -0.298 e. The lowest BCUT2D eigenvalue weighted by Crippen LogP contribution is -2.52. The van der Waals surface area contributed by atoms with Gasteiger partial charge in [0.2, 0.25) is 0 Å². The second kappa shape index (κ2) is 4.90. The van der Waals surface area contributed by atoms with Gasteiger partial charge < -0.3 is 0 Å². The Morgan fingerprint density at radius 2 is 1.40 bits per heavy atom. The van der Waals surface area contributed by atoms with E-state index in [4.69, 9.17) is 0 Å². The standard InChI is InChI=1S/C19H20O/c1-3-19(2)17(15-12-8-5-9-13-15)16(18(19)20)14-10-6-4-7-11-14/h4-13,16-17H,3H2,1-2H3. The summed E-state index contributed by atoms with van der Waals surface area (Å²) < 4.78 is 0. The predicted molar refractivity (Wildman–Crippen MR) is 81.8 cm³/mol. The number of hydrogen-bond donors (Lipinski definition) is 0. The van der Waals surface area contributed by atoms with Crippen molar-refractivity contribution < 1.29 is 4.79 Å². The minimum absolute atomic E-state index is 0.0172. The van der Waals surface area contributed by atoms with E-state index in [0.717, 1.165) is 12.0 Å². The maximum absolute atomic E-state index is 12.7. The lowest BCUT2D eigenvalue weighted by atomic mass is 9.49. The fraction of sp³-hybridized carbons (Fsp3) is 0.316. The minimum atomic E-state index is -0.220. The first-order chi connectivity index (χ1) is 9.68. The van der Waals surface area contributed by atoms with Crippen LogP contribution >= 0.6 is 0 Å². The van der Waals surface area contributed by atoms with Gasteiger partial charge in [0, 0.05) is 11.3 Å². The van der Waals surface area contributed by atoms with Gasteiger partial charge in [0.25, 0.3) is 0 Å². The first-order valence-electron chi connectivity index (χ1n) is 7.32. The van der Waals surface area contributed by atoms with Crippen LogP contribution < -0.4 is 0 Å². The zero-order valence-electron chi connectivity index (χ0n) is 12.0. The van der Waals surface area contributed by atoms with E-state index in [2.05, 4.69) is 50.2 Å². The van der Waals surface area contributed by atoms with Crippen LogP contribution in [-0.2, 0) is 4.79 Å². The molecule has 2 aromatic carbocycles. The largest absolute Gasteiger partial charge is 0.298 e. The summed E-state index contributed by atoms with van der Waals surface area (Å²) in [6, 6.07) is 20.7. The number of ketones is 1. The van der Waals surface area contributed by atoms with Crippen LogP contribution in [0.4, 0.5) is 0 Å². The third-order valence-corrected chi connectivity index (χ3v) is 4.92. The lowest BCUT2D eigenvalue weighted by molar-refractivity contribution is -0.143. The van der Waals surface area contributed by atoms with Crippen molar-refractivity contribution in [3.63, 3.8) is 0 Å². The molecule has 0 radical (unpaired) electrons. The molecule has 102 valence electrons. The van der Waals surface area contributed by atoms with Crippen LogP contribution in [0, 0.1) is 5.41 Å². The summed E-state index contributed by atoms with van der Waals surface area (Å²) in [6.07, 6.45) is 0.898. The molecule has 0 saturated heterocycles. The molecule has 0 spiro atoms. The number of rotatable bonds is 3. The Morgan fingerprint density at radius 1 is 0.900 bits per heavy atom. The Hall–Kier alpha value is -1.89. The van der Waals surface area contributed by atoms with Gasteiger partial charge in [0.1, 0.15) is 5.78 Å². The molecule has 0 heterocycles. The van der Waals surface area contributed by atoms with E-state index in [1.54, 1.807) is 0 Å². The average molecular weight is 264 g/mol. The van der Waals surface area contributed by atoms with Crippen LogP contribution in [0.15, 0.2) is 60.7 Å². The lowest BCUT2D eigenvalue weighted by Gasteiger charge is -2.52. The van der Waals surface area contributed by atoms with Gasteiger partial charge >= 0.3 is 0 Å². The van der Waals surface area contributed by atoms with E-state index in [1.165, 1.54) is 5.56 Å². The Labute approximate surface area is 120 Å². The van der Waals surface area contributed by atoms with Gasteiger partial charge in [-0.2, -0.15) is 0 Å². The van der Waals surface area contributed by atoms with Crippen molar-refractivity contribution >= 4 is 5.78 Å². The van der Waals surface area contributed by atoms with E-state index >= 15 is 0 Å². The second-order valence-electron chi connectivity index (χ2n) is 5.91. The molecule has 3 atom stereocenters. The molecule has 1 aliphatic rings. The van der Waals surface area contributed by atoms with Crippen molar-refractivity contribution in [2.24, 2.45) is 5.41 Å². The Kier molecular flexibility index (Phi) is 3.21. The molecule has 1 fully saturated rings. The monoisotopic (exact) mass is 264 g/mol. The fourth-order valence-electron chi connectivity index (χ4n) is 3.55. The zero-order valence-corrected chi connectivity index (χ0v) is 12.0. The maximum Gasteiger partial charge on any atom is 0.147 e. The van der Waals surface area contributed by atoms with Crippen LogP contribution in [0.5, 0.6) is 0 Å². The Bertz CT molecular complexity index is 602. The van der Waals surface area contributed by atoms with Gasteiger partial charge in [0.15, 0.2) is 0 Å². The molecule has 2 aromatic rings. The maximum atomic E-state index is 12.7. The normalized spacial score (nSPS) is 29.0. The molecule has 1 nitrogen and oxygen atoms in total. The van der Waals surface area contributed by atoms with Crippen LogP contribution in [0.3, 0.4) is 0 Å². The SMILES string of the molecule is CCC1(C)C(=O)C(c2ccccc2)C1c1ccccc1. The molecule has 0 amide bonds. The van der Waals surface area contributed by atoms with Crippen LogP contribution in [0.2, 0.25) is 0 Å². The highest BCUT2D eigenvalue weighted by Crippen LogP contribution is 2.59. The molecule has 1 saturated carbocycles. The third-order valence-electron chi connectivity index (χ3n) is 4.92. The second-order valence-corrected chi connectivity index (χ2v) is 5.91. The van der Waals surface area contributed by atoms with Crippen LogP contribution in [0.1, 0.15) is 43.2 Å². The smallest absolute Gasteiger partial charge is 0.147 e. The summed E-state index contributed by atoms with van der Waals surface area (Å²) in [5.74, 6) is 0.701. The fourth-order valence-corrected chi connectivity index (χ4v) is 3.55. The quantitative estimate of drug-likeness (QED) is 0.794. The number of carbonyl (C=O) groups excluding carboxylic acids is 1. The molecular weight excluding hydrogens is 244 g/mol. The first kappa shape index (κ1) is 13.1. The van der Waals surface area contributed by atoms with Gasteiger partial charge in [-0.1, -0.05) is 74.5 Å². The number of Topliss-reactive ketones (excluding diaryl/α,β-unsaturated/α-hetero) is 1. The number of benzene rings is 2. The molecule has 0 bridgehead atoms. The van der Waals surface area contributed by atoms with Crippen LogP contribution in [-0.4, -0.2) is 5.78 Å². The summed E-state index contributed by atoms with van der Waals surface area (Å²) in [5, 5.41) is 0. The molecule has 1 heteroatoms. The predicted octanol–water partition coefficient (Wildman–Crippen LogP) is 4.55. The van der Waals surface area contributed by atoms with Crippen molar-refractivity contribution in [2.45, 2.75) is 32.1 Å². The Morgan fingerprint density at radius 3 is 1.90 bits per heavy atom. The highest BCUT2D eigenvalue weighted by molar-refractivity contribution is 5.99. The third kappa shape index (κ3) is 1.81. The van der Waals surface area contributed by atoms with Gasteiger partial charge in [-0.15, -0.1) is 0 Å². The highest BCUT2D eigenvalue weighted by Gasteiger charge is 2.58. The summed E-state index contributed by atoms with van der Waals surface area (Å²) >= 11 is 0. The summed E-state index contributed by atoms with van der Waals surface area (Å²) in [5.41, 5.74) is 2.21. The number of hydrogen-bond acceptors (Lipinski definition) is 1. The average Bonchev–Trinajstić information content (AvgIpc) is 2.52. The molecule has 1 aliphatic carbocycles. The van der Waals surface area contributed by atoms with E-state index in [1.807, 2.05) is 24.3 Å². The van der Waals surface area contributed by atoms with Crippen molar-refractivity contribution in [1.29, 1.82) is 0 Å². The summed E-state index contributed by atoms with van der Waals surface area (Å²) in [6.45, 7) is 4.24. The van der Waals surface area contributed by atoms with Gasteiger partial charge in [-0.05, 0) is 17.5 Å².